The Morgan fingerprint density at radius 1 is 0.326 bits per heavy atom. The smallest absolute Gasteiger partial charge is 0.462 e. The Bertz CT molecular complexity index is 1740. The van der Waals surface area contributed by atoms with Gasteiger partial charge in [0.1, 0.15) is 19.3 Å². The summed E-state index contributed by atoms with van der Waals surface area (Å²) in [7, 11) is -9.89. The second kappa shape index (κ2) is 62.2. The van der Waals surface area contributed by atoms with E-state index in [1.54, 1.807) is 0 Å². The van der Waals surface area contributed by atoms with E-state index in [1.807, 2.05) is 0 Å². The third-order valence-corrected chi connectivity index (χ3v) is 18.5. The van der Waals surface area contributed by atoms with Crippen LogP contribution in [0.5, 0.6) is 0 Å². The lowest BCUT2D eigenvalue weighted by Crippen LogP contribution is -2.30. The third kappa shape index (κ3) is 63.2. The van der Waals surface area contributed by atoms with Crippen molar-refractivity contribution in [1.29, 1.82) is 0 Å². The maximum atomic E-state index is 13.0. The number of rotatable bonds is 69. The standard InChI is InChI=1S/C70H136O17P2/c1-7-10-12-14-16-17-18-21-25-28-35-41-47-53-68(73)81-59-66(86-69(74)54-48-42-36-29-26-23-20-19-22-24-27-34-39-45-51-63(6)9-3)61-85-89(78,79)83-57-64(71)56-82-88(76,77)84-60-65(58-80-67(72)52-46-40-32-15-13-11-8-2)87-70(75)55-49-43-37-31-30-33-38-44-50-62(4)5/h62-66,71H,7-61H2,1-6H3,(H,76,77)(H,78,79)/t63?,64-,65+,66+/m0/s1. The van der Waals surface area contributed by atoms with Gasteiger partial charge in [-0.2, -0.15) is 0 Å². The molecule has 3 N–H and O–H groups in total. The Morgan fingerprint density at radius 3 is 0.854 bits per heavy atom. The highest BCUT2D eigenvalue weighted by Crippen LogP contribution is 2.45. The summed E-state index contributed by atoms with van der Waals surface area (Å²) in [5.41, 5.74) is 0. The molecule has 528 valence electrons. The van der Waals surface area contributed by atoms with Gasteiger partial charge in [-0.1, -0.05) is 305 Å². The van der Waals surface area contributed by atoms with Crippen molar-refractivity contribution in [3.05, 3.63) is 0 Å². The minimum atomic E-state index is -4.95. The monoisotopic (exact) mass is 1310 g/mol. The summed E-state index contributed by atoms with van der Waals surface area (Å²) in [5, 5.41) is 10.6. The maximum Gasteiger partial charge on any atom is 0.472 e. The van der Waals surface area contributed by atoms with E-state index in [2.05, 4.69) is 41.5 Å². The van der Waals surface area contributed by atoms with Gasteiger partial charge in [-0.25, -0.2) is 9.13 Å². The van der Waals surface area contributed by atoms with Crippen LogP contribution in [0.15, 0.2) is 0 Å². The van der Waals surface area contributed by atoms with Gasteiger partial charge in [0.15, 0.2) is 12.2 Å². The molecular formula is C70H136O17P2. The second-order valence-electron chi connectivity index (χ2n) is 26.0. The van der Waals surface area contributed by atoms with Crippen LogP contribution in [-0.4, -0.2) is 96.7 Å². The minimum Gasteiger partial charge on any atom is -0.462 e. The van der Waals surface area contributed by atoms with E-state index in [0.29, 0.717) is 25.7 Å². The molecule has 0 saturated carbocycles. The highest BCUT2D eigenvalue weighted by Gasteiger charge is 2.30. The lowest BCUT2D eigenvalue weighted by Gasteiger charge is -2.21. The number of hydrogen-bond donors (Lipinski definition) is 3. The summed E-state index contributed by atoms with van der Waals surface area (Å²) < 4.78 is 68.2. The maximum absolute atomic E-state index is 13.0. The fraction of sp³-hybridized carbons (Fsp3) is 0.943. The lowest BCUT2D eigenvalue weighted by atomic mass is 9.99. The molecule has 0 saturated heterocycles. The minimum absolute atomic E-state index is 0.104. The highest BCUT2D eigenvalue weighted by molar-refractivity contribution is 7.47. The average molecular weight is 1310 g/mol. The Kier molecular flexibility index (Phi) is 60.8. The van der Waals surface area contributed by atoms with Crippen LogP contribution < -0.4 is 0 Å². The fourth-order valence-electron chi connectivity index (χ4n) is 10.6. The van der Waals surface area contributed by atoms with Gasteiger partial charge in [0.05, 0.1) is 26.4 Å². The summed E-state index contributed by atoms with van der Waals surface area (Å²) in [6.45, 7) is 9.52. The molecule has 0 rings (SSSR count). The molecule has 6 atom stereocenters. The average Bonchev–Trinajstić information content (AvgIpc) is 3.71. The van der Waals surface area contributed by atoms with Gasteiger partial charge in [0, 0.05) is 25.7 Å². The zero-order valence-electron chi connectivity index (χ0n) is 57.7. The molecule has 17 nitrogen and oxygen atoms in total. The van der Waals surface area contributed by atoms with Crippen LogP contribution >= 0.6 is 15.6 Å². The summed E-state index contributed by atoms with van der Waals surface area (Å²) >= 11 is 0. The van der Waals surface area contributed by atoms with Crippen LogP contribution in [0.25, 0.3) is 0 Å². The molecule has 0 aliphatic carbocycles. The molecule has 0 radical (unpaired) electrons. The molecule has 0 bridgehead atoms. The van der Waals surface area contributed by atoms with Crippen LogP contribution in [-0.2, 0) is 65.4 Å². The normalized spacial score (nSPS) is 14.4. The SMILES string of the molecule is CCCCCCCCCCCCCCCC(=O)OC[C@H](COP(=O)(O)OC[C@@H](O)COP(=O)(O)OC[C@@H](COC(=O)CCCCCCCCC)OC(=O)CCCCCCCCCCC(C)C)OC(=O)CCCCCCCCCCCCCCCCC(C)CC. The highest BCUT2D eigenvalue weighted by atomic mass is 31.2. The number of carbonyl (C=O) groups excluding carboxylic acids is 4. The summed E-state index contributed by atoms with van der Waals surface area (Å²) in [6, 6.07) is 0. The third-order valence-electron chi connectivity index (χ3n) is 16.6. The number of carbonyl (C=O) groups is 4. The molecule has 0 spiro atoms. The van der Waals surface area contributed by atoms with Crippen LogP contribution in [0.2, 0.25) is 0 Å². The van der Waals surface area contributed by atoms with E-state index in [-0.39, 0.29) is 25.7 Å². The number of phosphoric ester groups is 2. The van der Waals surface area contributed by atoms with Gasteiger partial charge in [-0.15, -0.1) is 0 Å². The first-order valence-corrected chi connectivity index (χ1v) is 39.5. The first kappa shape index (κ1) is 87.1. The number of phosphoric acid groups is 2. The Morgan fingerprint density at radius 2 is 0.573 bits per heavy atom. The van der Waals surface area contributed by atoms with E-state index >= 15 is 0 Å². The van der Waals surface area contributed by atoms with Crippen LogP contribution in [0.1, 0.15) is 356 Å². The molecule has 0 aromatic rings. The molecule has 0 fully saturated rings. The van der Waals surface area contributed by atoms with Crippen molar-refractivity contribution in [2.75, 3.05) is 39.6 Å². The number of esters is 4. The van der Waals surface area contributed by atoms with Crippen LogP contribution in [0, 0.1) is 11.8 Å². The summed E-state index contributed by atoms with van der Waals surface area (Å²) in [5.74, 6) is -0.565. The van der Waals surface area contributed by atoms with Crippen molar-refractivity contribution in [2.24, 2.45) is 11.8 Å². The summed E-state index contributed by atoms with van der Waals surface area (Å²) in [4.78, 5) is 72.4. The molecule has 19 heteroatoms. The Hall–Kier alpha value is -1.94. The van der Waals surface area contributed by atoms with Gasteiger partial charge in [0.2, 0.25) is 0 Å². The first-order chi connectivity index (χ1) is 42.9. The number of aliphatic hydroxyl groups excluding tert-OH is 1. The molecule has 0 aliphatic rings. The molecule has 0 aliphatic heterocycles. The molecular weight excluding hydrogens is 1170 g/mol. The van der Waals surface area contributed by atoms with Gasteiger partial charge in [-0.05, 0) is 37.5 Å². The largest absolute Gasteiger partial charge is 0.472 e. The summed E-state index contributed by atoms with van der Waals surface area (Å²) in [6.07, 6.45) is 47.3. The number of unbranched alkanes of at least 4 members (excludes halogenated alkanes) is 38. The Labute approximate surface area is 543 Å². The number of aliphatic hydroxyl groups is 1. The molecule has 3 unspecified atom stereocenters. The van der Waals surface area contributed by atoms with Gasteiger partial charge >= 0.3 is 39.5 Å². The van der Waals surface area contributed by atoms with Gasteiger partial charge < -0.3 is 33.8 Å². The number of ether oxygens (including phenoxy) is 4. The molecule has 0 aromatic carbocycles. The van der Waals surface area contributed by atoms with Gasteiger partial charge in [-0.3, -0.25) is 37.3 Å². The van der Waals surface area contributed by atoms with Crippen molar-refractivity contribution in [2.45, 2.75) is 374 Å². The first-order valence-electron chi connectivity index (χ1n) is 36.5. The van der Waals surface area contributed by atoms with Crippen LogP contribution in [0.4, 0.5) is 0 Å². The van der Waals surface area contributed by atoms with E-state index in [1.165, 1.54) is 161 Å². The number of hydrogen-bond acceptors (Lipinski definition) is 15. The zero-order chi connectivity index (χ0) is 65.7. The van der Waals surface area contributed by atoms with Crippen LogP contribution in [0.3, 0.4) is 0 Å². The Balaban J connectivity index is 5.20. The molecule has 0 aromatic heterocycles. The van der Waals surface area contributed by atoms with Gasteiger partial charge in [0.25, 0.3) is 0 Å². The van der Waals surface area contributed by atoms with E-state index in [4.69, 9.17) is 37.0 Å². The fourth-order valence-corrected chi connectivity index (χ4v) is 12.1. The lowest BCUT2D eigenvalue weighted by molar-refractivity contribution is -0.161. The topological polar surface area (TPSA) is 237 Å². The van der Waals surface area contributed by atoms with Crippen molar-refractivity contribution in [3.63, 3.8) is 0 Å². The van der Waals surface area contributed by atoms with Crippen molar-refractivity contribution >= 4 is 39.5 Å². The van der Waals surface area contributed by atoms with E-state index in [0.717, 1.165) is 115 Å². The van der Waals surface area contributed by atoms with E-state index in [9.17, 15) is 43.2 Å². The van der Waals surface area contributed by atoms with Crippen molar-refractivity contribution in [1.82, 2.24) is 0 Å². The predicted molar refractivity (Wildman–Crippen MR) is 358 cm³/mol. The molecule has 0 amide bonds. The molecule has 89 heavy (non-hydrogen) atoms. The van der Waals surface area contributed by atoms with E-state index < -0.39 is 97.5 Å². The molecule has 0 heterocycles. The zero-order valence-corrected chi connectivity index (χ0v) is 59.5. The quantitative estimate of drug-likeness (QED) is 0.0222. The predicted octanol–water partition coefficient (Wildman–Crippen LogP) is 20.0. The van der Waals surface area contributed by atoms with Crippen molar-refractivity contribution in [3.8, 4) is 0 Å². The van der Waals surface area contributed by atoms with Crippen molar-refractivity contribution < 1.29 is 80.2 Å². The second-order valence-corrected chi connectivity index (χ2v) is 28.9.